The summed E-state index contributed by atoms with van der Waals surface area (Å²) in [4.78, 5) is 0. The third-order valence-electron chi connectivity index (χ3n) is 4.87. The molecule has 0 radical (unpaired) electrons. The lowest BCUT2D eigenvalue weighted by Crippen LogP contribution is -2.15. The van der Waals surface area contributed by atoms with Gasteiger partial charge in [-0.05, 0) is 24.2 Å². The molecule has 0 rings (SSSR count). The van der Waals surface area contributed by atoms with Crippen LogP contribution in [-0.2, 0) is 0 Å². The van der Waals surface area contributed by atoms with Crippen LogP contribution >= 0.6 is 0 Å². The maximum atomic E-state index is 2.47. The van der Waals surface area contributed by atoms with E-state index in [1.807, 2.05) is 0 Å². The molecule has 0 heteroatoms. The highest BCUT2D eigenvalue weighted by Crippen LogP contribution is 2.33. The van der Waals surface area contributed by atoms with Crippen LogP contribution in [0.15, 0.2) is 0 Å². The average molecular weight is 327 g/mol. The Morgan fingerprint density at radius 3 is 1.52 bits per heavy atom. The highest BCUT2D eigenvalue weighted by Gasteiger charge is 2.20. The van der Waals surface area contributed by atoms with E-state index in [1.165, 1.54) is 89.9 Å². The second-order valence-electron chi connectivity index (χ2n) is 8.49. The van der Waals surface area contributed by atoms with E-state index in [2.05, 4.69) is 48.5 Å². The molecule has 0 aliphatic rings. The molecular weight excluding hydrogens is 276 g/mol. The van der Waals surface area contributed by atoms with E-state index in [-0.39, 0.29) is 0 Å². The lowest BCUT2D eigenvalue weighted by Gasteiger charge is -2.28. The molecule has 0 bridgehead atoms. The van der Waals surface area contributed by atoms with Gasteiger partial charge in [0.1, 0.15) is 0 Å². The Kier molecular flexibility index (Phi) is 20.1. The zero-order valence-electron chi connectivity index (χ0n) is 18.0. The molecular formula is C23H50. The minimum Gasteiger partial charge on any atom is -0.0654 e. The molecule has 0 nitrogen and oxygen atoms in total. The molecule has 0 aliphatic heterocycles. The summed E-state index contributed by atoms with van der Waals surface area (Å²) in [5, 5.41) is 0. The Labute approximate surface area is 150 Å². The van der Waals surface area contributed by atoms with Crippen LogP contribution in [0.1, 0.15) is 138 Å². The monoisotopic (exact) mass is 326 g/mol. The molecule has 0 spiro atoms. The molecule has 0 saturated heterocycles. The summed E-state index contributed by atoms with van der Waals surface area (Å²) >= 11 is 0. The van der Waals surface area contributed by atoms with Gasteiger partial charge >= 0.3 is 0 Å². The summed E-state index contributed by atoms with van der Waals surface area (Å²) < 4.78 is 0. The molecule has 142 valence electrons. The van der Waals surface area contributed by atoms with Crippen LogP contribution in [0, 0.1) is 11.3 Å². The van der Waals surface area contributed by atoms with E-state index in [0.717, 1.165) is 5.92 Å². The number of unbranched alkanes of at least 4 members (excludes halogenated alkanes) is 8. The summed E-state index contributed by atoms with van der Waals surface area (Å²) in [7, 11) is 0. The van der Waals surface area contributed by atoms with Gasteiger partial charge in [0.2, 0.25) is 0 Å². The Balaban J connectivity index is 0. The topological polar surface area (TPSA) is 0 Å². The fraction of sp³-hybridized carbons (Fsp3) is 1.00. The second kappa shape index (κ2) is 18.3. The summed E-state index contributed by atoms with van der Waals surface area (Å²) in [5.74, 6) is 0.919. The second-order valence-corrected chi connectivity index (χ2v) is 8.49. The number of hydrogen-bond acceptors (Lipinski definition) is 0. The summed E-state index contributed by atoms with van der Waals surface area (Å²) in [6.07, 6.45) is 19.7. The average Bonchev–Trinajstić information content (AvgIpc) is 2.49. The molecule has 0 heterocycles. The Morgan fingerprint density at radius 2 is 1.09 bits per heavy atom. The molecule has 0 aromatic carbocycles. The predicted molar refractivity (Wildman–Crippen MR) is 110 cm³/mol. The van der Waals surface area contributed by atoms with Crippen molar-refractivity contribution in [2.24, 2.45) is 11.3 Å². The molecule has 23 heavy (non-hydrogen) atoms. The molecule has 0 N–H and O–H groups in total. The first-order chi connectivity index (χ1) is 10.9. The van der Waals surface area contributed by atoms with Gasteiger partial charge in [0.15, 0.2) is 0 Å². The molecule has 0 amide bonds. The van der Waals surface area contributed by atoms with Crippen molar-refractivity contribution in [3.63, 3.8) is 0 Å². The Bertz CT molecular complexity index is 202. The quantitative estimate of drug-likeness (QED) is 0.279. The SMILES string of the molecule is CCCCC.CCCCCCC(C)CC(C)(C)CCCCCC. The Morgan fingerprint density at radius 1 is 0.609 bits per heavy atom. The van der Waals surface area contributed by atoms with Crippen molar-refractivity contribution in [3.05, 3.63) is 0 Å². The predicted octanol–water partition coefficient (Wildman–Crippen LogP) is 9.18. The first-order valence-corrected chi connectivity index (χ1v) is 10.9. The standard InChI is InChI=1S/C18H38.C5H12/c1-6-8-10-12-14-17(3)16-18(4,5)15-13-11-9-7-2;1-3-5-4-2/h17H,6-16H2,1-5H3;3-5H2,1-2H3. The van der Waals surface area contributed by atoms with Crippen LogP contribution in [-0.4, -0.2) is 0 Å². The summed E-state index contributed by atoms with van der Waals surface area (Å²) in [5.41, 5.74) is 0.567. The van der Waals surface area contributed by atoms with Gasteiger partial charge in [-0.25, -0.2) is 0 Å². The zero-order valence-corrected chi connectivity index (χ0v) is 18.0. The molecule has 0 aromatic heterocycles. The van der Waals surface area contributed by atoms with E-state index in [4.69, 9.17) is 0 Å². The minimum atomic E-state index is 0.567. The summed E-state index contributed by atoms with van der Waals surface area (Å²) in [6, 6.07) is 0. The molecule has 0 aliphatic carbocycles. The van der Waals surface area contributed by atoms with Crippen molar-refractivity contribution in [1.29, 1.82) is 0 Å². The van der Waals surface area contributed by atoms with Gasteiger partial charge in [-0.1, -0.05) is 126 Å². The van der Waals surface area contributed by atoms with Crippen LogP contribution in [0.4, 0.5) is 0 Å². The van der Waals surface area contributed by atoms with Crippen LogP contribution < -0.4 is 0 Å². The van der Waals surface area contributed by atoms with E-state index in [9.17, 15) is 0 Å². The largest absolute Gasteiger partial charge is 0.0654 e. The van der Waals surface area contributed by atoms with Gasteiger partial charge in [-0.3, -0.25) is 0 Å². The maximum absolute atomic E-state index is 2.47. The first-order valence-electron chi connectivity index (χ1n) is 10.9. The smallest absolute Gasteiger partial charge is 0.0352 e. The molecule has 1 unspecified atom stereocenters. The third-order valence-corrected chi connectivity index (χ3v) is 4.87. The van der Waals surface area contributed by atoms with Gasteiger partial charge in [-0.2, -0.15) is 0 Å². The molecule has 0 aromatic rings. The minimum absolute atomic E-state index is 0.567. The fourth-order valence-electron chi connectivity index (χ4n) is 3.45. The fourth-order valence-corrected chi connectivity index (χ4v) is 3.45. The highest BCUT2D eigenvalue weighted by atomic mass is 14.3. The maximum Gasteiger partial charge on any atom is -0.0352 e. The Hall–Kier alpha value is 0. The van der Waals surface area contributed by atoms with Crippen molar-refractivity contribution in [1.82, 2.24) is 0 Å². The van der Waals surface area contributed by atoms with Crippen molar-refractivity contribution in [3.8, 4) is 0 Å². The van der Waals surface area contributed by atoms with Crippen molar-refractivity contribution >= 4 is 0 Å². The lowest BCUT2D eigenvalue weighted by molar-refractivity contribution is 0.238. The van der Waals surface area contributed by atoms with Gasteiger partial charge in [0.25, 0.3) is 0 Å². The van der Waals surface area contributed by atoms with Crippen molar-refractivity contribution in [2.45, 2.75) is 138 Å². The van der Waals surface area contributed by atoms with Gasteiger partial charge < -0.3 is 0 Å². The van der Waals surface area contributed by atoms with Crippen LogP contribution in [0.3, 0.4) is 0 Å². The van der Waals surface area contributed by atoms with Crippen molar-refractivity contribution < 1.29 is 0 Å². The van der Waals surface area contributed by atoms with E-state index in [0.29, 0.717) is 5.41 Å². The van der Waals surface area contributed by atoms with Crippen molar-refractivity contribution in [2.75, 3.05) is 0 Å². The number of hydrogen-bond donors (Lipinski definition) is 0. The van der Waals surface area contributed by atoms with Gasteiger partial charge in [0, 0.05) is 0 Å². The molecule has 0 saturated carbocycles. The number of rotatable bonds is 14. The van der Waals surface area contributed by atoms with E-state index in [1.54, 1.807) is 0 Å². The van der Waals surface area contributed by atoms with E-state index >= 15 is 0 Å². The van der Waals surface area contributed by atoms with Gasteiger partial charge in [0.05, 0.1) is 0 Å². The summed E-state index contributed by atoms with van der Waals surface area (Å²) in [6.45, 7) is 16.4. The zero-order chi connectivity index (χ0) is 18.0. The van der Waals surface area contributed by atoms with Crippen LogP contribution in [0.5, 0.6) is 0 Å². The van der Waals surface area contributed by atoms with E-state index < -0.39 is 0 Å². The lowest BCUT2D eigenvalue weighted by atomic mass is 9.78. The van der Waals surface area contributed by atoms with Gasteiger partial charge in [-0.15, -0.1) is 0 Å². The molecule has 1 atom stereocenters. The van der Waals surface area contributed by atoms with Crippen LogP contribution in [0.2, 0.25) is 0 Å². The normalized spacial score (nSPS) is 12.7. The third kappa shape index (κ3) is 22.0. The first kappa shape index (κ1) is 25.2. The highest BCUT2D eigenvalue weighted by molar-refractivity contribution is 4.72. The van der Waals surface area contributed by atoms with Crippen LogP contribution in [0.25, 0.3) is 0 Å². The molecule has 0 fully saturated rings.